The standard InChI is InChI=1S/C11H22N2/c1-3-11(8-12)9-13-6-4-10(2)5-7-13/h4,11H,3,5-9,12H2,1-2H3. The molecular formula is C11H22N2. The van der Waals surface area contributed by atoms with E-state index in [1.807, 2.05) is 0 Å². The van der Waals surface area contributed by atoms with E-state index in [1.165, 1.54) is 31.5 Å². The first kappa shape index (κ1) is 10.7. The van der Waals surface area contributed by atoms with E-state index in [2.05, 4.69) is 24.8 Å². The topological polar surface area (TPSA) is 29.3 Å². The lowest BCUT2D eigenvalue weighted by molar-refractivity contribution is 0.245. The highest BCUT2D eigenvalue weighted by Gasteiger charge is 2.13. The largest absolute Gasteiger partial charge is 0.330 e. The average molecular weight is 182 g/mol. The van der Waals surface area contributed by atoms with Gasteiger partial charge in [-0.2, -0.15) is 0 Å². The van der Waals surface area contributed by atoms with Crippen LogP contribution in [0.25, 0.3) is 0 Å². The van der Waals surface area contributed by atoms with E-state index < -0.39 is 0 Å². The summed E-state index contributed by atoms with van der Waals surface area (Å²) in [5, 5.41) is 0. The van der Waals surface area contributed by atoms with Crippen LogP contribution in [-0.2, 0) is 0 Å². The Morgan fingerprint density at radius 1 is 1.62 bits per heavy atom. The number of nitrogens with zero attached hydrogens (tertiary/aromatic N) is 1. The Bertz CT molecular complexity index is 171. The van der Waals surface area contributed by atoms with Gasteiger partial charge in [0.25, 0.3) is 0 Å². The van der Waals surface area contributed by atoms with Gasteiger partial charge in [-0.25, -0.2) is 0 Å². The monoisotopic (exact) mass is 182 g/mol. The second kappa shape index (κ2) is 5.40. The molecular weight excluding hydrogens is 160 g/mol. The van der Waals surface area contributed by atoms with Crippen LogP contribution >= 0.6 is 0 Å². The van der Waals surface area contributed by atoms with Crippen molar-refractivity contribution in [3.63, 3.8) is 0 Å². The van der Waals surface area contributed by atoms with E-state index in [1.54, 1.807) is 0 Å². The van der Waals surface area contributed by atoms with Crippen LogP contribution in [0, 0.1) is 5.92 Å². The van der Waals surface area contributed by atoms with Gasteiger partial charge in [-0.3, -0.25) is 4.90 Å². The average Bonchev–Trinajstić information content (AvgIpc) is 2.17. The summed E-state index contributed by atoms with van der Waals surface area (Å²) in [5.41, 5.74) is 7.22. The SMILES string of the molecule is CCC(CN)CN1CC=C(C)CC1. The van der Waals surface area contributed by atoms with Gasteiger partial charge >= 0.3 is 0 Å². The summed E-state index contributed by atoms with van der Waals surface area (Å²) in [6.07, 6.45) is 4.78. The van der Waals surface area contributed by atoms with E-state index in [-0.39, 0.29) is 0 Å². The fraction of sp³-hybridized carbons (Fsp3) is 0.818. The Labute approximate surface area is 81.8 Å². The molecule has 1 heterocycles. The predicted octanol–water partition coefficient (Wildman–Crippen LogP) is 1.62. The van der Waals surface area contributed by atoms with Crippen LogP contribution in [0.15, 0.2) is 11.6 Å². The number of hydrogen-bond donors (Lipinski definition) is 1. The summed E-state index contributed by atoms with van der Waals surface area (Å²) < 4.78 is 0. The van der Waals surface area contributed by atoms with Crippen molar-refractivity contribution in [2.24, 2.45) is 11.7 Å². The molecule has 0 saturated heterocycles. The van der Waals surface area contributed by atoms with Crippen molar-refractivity contribution >= 4 is 0 Å². The van der Waals surface area contributed by atoms with Crippen molar-refractivity contribution in [3.8, 4) is 0 Å². The molecule has 1 unspecified atom stereocenters. The molecule has 0 aliphatic carbocycles. The first-order chi connectivity index (χ1) is 6.26. The van der Waals surface area contributed by atoms with Crippen LogP contribution in [0.4, 0.5) is 0 Å². The van der Waals surface area contributed by atoms with E-state index >= 15 is 0 Å². The second-order valence-corrected chi connectivity index (χ2v) is 4.07. The summed E-state index contributed by atoms with van der Waals surface area (Å²) in [4.78, 5) is 2.51. The molecule has 76 valence electrons. The summed E-state index contributed by atoms with van der Waals surface area (Å²) in [7, 11) is 0. The maximum absolute atomic E-state index is 5.69. The molecule has 0 amide bonds. The first-order valence-corrected chi connectivity index (χ1v) is 5.34. The van der Waals surface area contributed by atoms with Gasteiger partial charge in [0.05, 0.1) is 0 Å². The third-order valence-corrected chi connectivity index (χ3v) is 2.95. The lowest BCUT2D eigenvalue weighted by Gasteiger charge is -2.28. The van der Waals surface area contributed by atoms with E-state index in [4.69, 9.17) is 5.73 Å². The van der Waals surface area contributed by atoms with E-state index in [0.717, 1.165) is 13.1 Å². The lowest BCUT2D eigenvalue weighted by Crippen LogP contribution is -2.35. The summed E-state index contributed by atoms with van der Waals surface area (Å²) in [6, 6.07) is 0. The number of rotatable bonds is 4. The Balaban J connectivity index is 2.30. The summed E-state index contributed by atoms with van der Waals surface area (Å²) in [6.45, 7) is 8.80. The Kier molecular flexibility index (Phi) is 4.46. The minimum Gasteiger partial charge on any atom is -0.330 e. The molecule has 1 aliphatic heterocycles. The van der Waals surface area contributed by atoms with Crippen LogP contribution in [-0.4, -0.2) is 31.1 Å². The highest BCUT2D eigenvalue weighted by Crippen LogP contribution is 2.12. The van der Waals surface area contributed by atoms with Gasteiger partial charge < -0.3 is 5.73 Å². The molecule has 2 N–H and O–H groups in total. The molecule has 0 aromatic heterocycles. The minimum absolute atomic E-state index is 0.687. The zero-order valence-corrected chi connectivity index (χ0v) is 8.92. The summed E-state index contributed by atoms with van der Waals surface area (Å²) in [5.74, 6) is 0.687. The van der Waals surface area contributed by atoms with Crippen molar-refractivity contribution in [3.05, 3.63) is 11.6 Å². The normalized spacial score (nSPS) is 21.3. The fourth-order valence-electron chi connectivity index (χ4n) is 1.71. The van der Waals surface area contributed by atoms with Crippen molar-refractivity contribution in [2.75, 3.05) is 26.2 Å². The van der Waals surface area contributed by atoms with Gasteiger partial charge in [0.15, 0.2) is 0 Å². The molecule has 0 bridgehead atoms. The minimum atomic E-state index is 0.687. The third kappa shape index (κ3) is 3.49. The van der Waals surface area contributed by atoms with Gasteiger partial charge in [-0.15, -0.1) is 0 Å². The smallest absolute Gasteiger partial charge is 0.0165 e. The highest BCUT2D eigenvalue weighted by atomic mass is 15.1. The third-order valence-electron chi connectivity index (χ3n) is 2.95. The molecule has 2 heteroatoms. The number of nitrogens with two attached hydrogens (primary N) is 1. The predicted molar refractivity (Wildman–Crippen MR) is 57.6 cm³/mol. The van der Waals surface area contributed by atoms with E-state index in [0.29, 0.717) is 5.92 Å². The van der Waals surface area contributed by atoms with E-state index in [9.17, 15) is 0 Å². The van der Waals surface area contributed by atoms with Gasteiger partial charge in [0.2, 0.25) is 0 Å². The molecule has 13 heavy (non-hydrogen) atoms. The molecule has 0 saturated carbocycles. The molecule has 0 fully saturated rings. The van der Waals surface area contributed by atoms with Crippen molar-refractivity contribution < 1.29 is 0 Å². The lowest BCUT2D eigenvalue weighted by atomic mass is 10.0. The van der Waals surface area contributed by atoms with Crippen molar-refractivity contribution in [1.82, 2.24) is 4.90 Å². The zero-order chi connectivity index (χ0) is 9.68. The summed E-state index contributed by atoms with van der Waals surface area (Å²) >= 11 is 0. The molecule has 1 aliphatic rings. The molecule has 1 rings (SSSR count). The first-order valence-electron chi connectivity index (χ1n) is 5.34. The van der Waals surface area contributed by atoms with Crippen LogP contribution in [0.3, 0.4) is 0 Å². The quantitative estimate of drug-likeness (QED) is 0.669. The second-order valence-electron chi connectivity index (χ2n) is 4.07. The molecule has 1 atom stereocenters. The van der Waals surface area contributed by atoms with Crippen LogP contribution in [0.2, 0.25) is 0 Å². The Hall–Kier alpha value is -0.340. The van der Waals surface area contributed by atoms with Crippen LogP contribution in [0.1, 0.15) is 26.7 Å². The Morgan fingerprint density at radius 2 is 2.38 bits per heavy atom. The van der Waals surface area contributed by atoms with Crippen LogP contribution < -0.4 is 5.73 Å². The van der Waals surface area contributed by atoms with Crippen molar-refractivity contribution in [1.29, 1.82) is 0 Å². The maximum atomic E-state index is 5.69. The molecule has 0 spiro atoms. The van der Waals surface area contributed by atoms with Gasteiger partial charge in [-0.05, 0) is 25.8 Å². The van der Waals surface area contributed by atoms with Crippen molar-refractivity contribution in [2.45, 2.75) is 26.7 Å². The van der Waals surface area contributed by atoms with Crippen LogP contribution in [0.5, 0.6) is 0 Å². The molecule has 0 aromatic carbocycles. The molecule has 0 aromatic rings. The van der Waals surface area contributed by atoms with Gasteiger partial charge in [0.1, 0.15) is 0 Å². The molecule has 0 radical (unpaired) electrons. The molecule has 2 nitrogen and oxygen atoms in total. The highest BCUT2D eigenvalue weighted by molar-refractivity contribution is 5.03. The van der Waals surface area contributed by atoms with Gasteiger partial charge in [-0.1, -0.05) is 25.0 Å². The van der Waals surface area contributed by atoms with Gasteiger partial charge in [0, 0.05) is 19.6 Å². The fourth-order valence-corrected chi connectivity index (χ4v) is 1.71. The number of hydrogen-bond acceptors (Lipinski definition) is 2. The maximum Gasteiger partial charge on any atom is 0.0165 e. The zero-order valence-electron chi connectivity index (χ0n) is 8.92. The Morgan fingerprint density at radius 3 is 2.85 bits per heavy atom.